The van der Waals surface area contributed by atoms with E-state index in [0.717, 1.165) is 22.7 Å². The van der Waals surface area contributed by atoms with E-state index >= 15 is 0 Å². The van der Waals surface area contributed by atoms with Gasteiger partial charge in [-0.15, -0.1) is 11.6 Å². The highest BCUT2D eigenvalue weighted by molar-refractivity contribution is 6.35. The Hall–Kier alpha value is -1.52. The molecule has 4 nitrogen and oxygen atoms in total. The Labute approximate surface area is 120 Å². The summed E-state index contributed by atoms with van der Waals surface area (Å²) < 4.78 is 3.76. The van der Waals surface area contributed by atoms with E-state index in [1.165, 1.54) is 0 Å². The van der Waals surface area contributed by atoms with Crippen molar-refractivity contribution < 1.29 is 0 Å². The average Bonchev–Trinajstić information content (AvgIpc) is 2.94. The summed E-state index contributed by atoms with van der Waals surface area (Å²) in [5, 5.41) is 5.07. The average molecular weight is 295 g/mol. The van der Waals surface area contributed by atoms with Crippen molar-refractivity contribution in [2.24, 2.45) is 7.05 Å². The molecule has 0 unspecified atom stereocenters. The van der Waals surface area contributed by atoms with Gasteiger partial charge in [0.15, 0.2) is 5.82 Å². The maximum absolute atomic E-state index is 6.20. The maximum Gasteiger partial charge on any atom is 0.160 e. The summed E-state index contributed by atoms with van der Waals surface area (Å²) in [4.78, 5) is 4.58. The number of rotatable bonds is 3. The third kappa shape index (κ3) is 2.11. The molecule has 0 saturated heterocycles. The van der Waals surface area contributed by atoms with Crippen molar-refractivity contribution in [2.75, 3.05) is 5.88 Å². The van der Waals surface area contributed by atoms with Gasteiger partial charge in [0.25, 0.3) is 0 Å². The molecule has 0 aliphatic heterocycles. The summed E-state index contributed by atoms with van der Waals surface area (Å²) in [6, 6.07) is 7.68. The number of nitrogens with zero attached hydrogens (tertiary/aromatic N) is 4. The molecule has 0 radical (unpaired) electrons. The lowest BCUT2D eigenvalue weighted by molar-refractivity contribution is 0.746. The Balaban J connectivity index is 2.31. The molecule has 0 saturated carbocycles. The van der Waals surface area contributed by atoms with Crippen LogP contribution in [-0.2, 0) is 13.5 Å². The highest BCUT2D eigenvalue weighted by atomic mass is 35.5. The minimum absolute atomic E-state index is 0.508. The lowest BCUT2D eigenvalue weighted by atomic mass is 10.3. The van der Waals surface area contributed by atoms with Crippen LogP contribution in [-0.4, -0.2) is 25.2 Å². The molecule has 0 N–H and O–H groups in total. The van der Waals surface area contributed by atoms with Crippen LogP contribution in [0.5, 0.6) is 0 Å². The van der Waals surface area contributed by atoms with Crippen molar-refractivity contribution >= 4 is 34.2 Å². The Kier molecular flexibility index (Phi) is 3.21. The Bertz CT molecular complexity index is 729. The summed E-state index contributed by atoms with van der Waals surface area (Å²) >= 11 is 12.1. The first-order valence-electron chi connectivity index (χ1n) is 5.92. The lowest BCUT2D eigenvalue weighted by Gasteiger charge is -2.04. The van der Waals surface area contributed by atoms with E-state index in [0.29, 0.717) is 17.3 Å². The van der Waals surface area contributed by atoms with Crippen molar-refractivity contribution in [1.29, 1.82) is 0 Å². The van der Waals surface area contributed by atoms with Gasteiger partial charge in [-0.3, -0.25) is 9.25 Å². The molecule has 6 heteroatoms. The Morgan fingerprint density at radius 1 is 1.26 bits per heavy atom. The topological polar surface area (TPSA) is 35.6 Å². The monoisotopic (exact) mass is 294 g/mol. The molecule has 3 rings (SSSR count). The fourth-order valence-corrected chi connectivity index (χ4v) is 2.52. The fraction of sp³-hybridized carbons (Fsp3) is 0.231. The molecule has 0 amide bonds. The predicted molar refractivity (Wildman–Crippen MR) is 77.3 cm³/mol. The van der Waals surface area contributed by atoms with Gasteiger partial charge < -0.3 is 0 Å². The van der Waals surface area contributed by atoms with Gasteiger partial charge in [-0.1, -0.05) is 17.7 Å². The van der Waals surface area contributed by atoms with Gasteiger partial charge in [0.1, 0.15) is 11.3 Å². The zero-order chi connectivity index (χ0) is 13.4. The van der Waals surface area contributed by atoms with Crippen LogP contribution >= 0.6 is 23.2 Å². The lowest BCUT2D eigenvalue weighted by Crippen LogP contribution is -2.03. The molecule has 19 heavy (non-hydrogen) atoms. The van der Waals surface area contributed by atoms with Crippen molar-refractivity contribution in [3.63, 3.8) is 0 Å². The molecule has 3 aromatic rings. The van der Waals surface area contributed by atoms with E-state index in [4.69, 9.17) is 23.2 Å². The Morgan fingerprint density at radius 3 is 2.79 bits per heavy atom. The first-order valence-corrected chi connectivity index (χ1v) is 6.84. The van der Waals surface area contributed by atoms with Crippen LogP contribution < -0.4 is 0 Å². The second-order valence-electron chi connectivity index (χ2n) is 4.26. The summed E-state index contributed by atoms with van der Waals surface area (Å²) in [5.74, 6) is 2.21. The second-order valence-corrected chi connectivity index (χ2v) is 5.04. The van der Waals surface area contributed by atoms with Gasteiger partial charge in [-0.2, -0.15) is 5.10 Å². The summed E-state index contributed by atoms with van der Waals surface area (Å²) in [6.07, 6.45) is 2.57. The molecule has 0 aliphatic carbocycles. The van der Waals surface area contributed by atoms with E-state index < -0.39 is 0 Å². The van der Waals surface area contributed by atoms with Crippen LogP contribution in [0.15, 0.2) is 30.5 Å². The second kappa shape index (κ2) is 4.87. The van der Waals surface area contributed by atoms with Gasteiger partial charge in [0, 0.05) is 31.6 Å². The summed E-state index contributed by atoms with van der Waals surface area (Å²) in [6.45, 7) is 0. The van der Waals surface area contributed by atoms with E-state index in [1.807, 2.05) is 42.1 Å². The molecule has 2 aromatic heterocycles. The third-order valence-corrected chi connectivity index (χ3v) is 3.45. The van der Waals surface area contributed by atoms with Gasteiger partial charge >= 0.3 is 0 Å². The van der Waals surface area contributed by atoms with Crippen LogP contribution in [0.3, 0.4) is 0 Å². The maximum atomic E-state index is 6.20. The van der Waals surface area contributed by atoms with Crippen LogP contribution in [0.2, 0.25) is 5.02 Å². The van der Waals surface area contributed by atoms with Crippen molar-refractivity contribution in [1.82, 2.24) is 19.3 Å². The summed E-state index contributed by atoms with van der Waals surface area (Å²) in [7, 11) is 1.89. The molecule has 0 spiro atoms. The number of alkyl halides is 1. The van der Waals surface area contributed by atoms with Crippen molar-refractivity contribution in [3.05, 3.63) is 41.3 Å². The minimum Gasteiger partial charge on any atom is -0.279 e. The van der Waals surface area contributed by atoms with E-state index in [-0.39, 0.29) is 0 Å². The van der Waals surface area contributed by atoms with E-state index in [2.05, 4.69) is 10.1 Å². The number of hydrogen-bond donors (Lipinski definition) is 0. The van der Waals surface area contributed by atoms with Crippen LogP contribution in [0.4, 0.5) is 0 Å². The highest BCUT2D eigenvalue weighted by Gasteiger charge is 2.15. The smallest absolute Gasteiger partial charge is 0.160 e. The van der Waals surface area contributed by atoms with Crippen molar-refractivity contribution in [2.45, 2.75) is 6.42 Å². The third-order valence-electron chi connectivity index (χ3n) is 2.95. The van der Waals surface area contributed by atoms with Crippen LogP contribution in [0, 0.1) is 0 Å². The predicted octanol–water partition coefficient (Wildman–Crippen LogP) is 3.19. The number of aryl methyl sites for hydroxylation is 2. The van der Waals surface area contributed by atoms with Crippen molar-refractivity contribution in [3.8, 4) is 5.82 Å². The normalized spacial score (nSPS) is 11.3. The molecule has 98 valence electrons. The number of aromatic nitrogens is 4. The zero-order valence-corrected chi connectivity index (χ0v) is 11.9. The number of para-hydroxylation sites is 1. The number of fused-ring (bicyclic) bond motifs is 1. The molecular weight excluding hydrogens is 283 g/mol. The molecule has 1 aromatic carbocycles. The molecule has 0 atom stereocenters. The molecule has 0 aliphatic rings. The zero-order valence-electron chi connectivity index (χ0n) is 10.3. The number of imidazole rings is 1. The van der Waals surface area contributed by atoms with Crippen LogP contribution in [0.25, 0.3) is 16.9 Å². The largest absolute Gasteiger partial charge is 0.279 e. The number of halogens is 2. The fourth-order valence-electron chi connectivity index (χ4n) is 2.14. The number of benzene rings is 1. The highest BCUT2D eigenvalue weighted by Crippen LogP contribution is 2.26. The molecule has 0 bridgehead atoms. The van der Waals surface area contributed by atoms with E-state index in [9.17, 15) is 0 Å². The Morgan fingerprint density at radius 2 is 2.11 bits per heavy atom. The van der Waals surface area contributed by atoms with Crippen LogP contribution in [0.1, 0.15) is 5.82 Å². The minimum atomic E-state index is 0.508. The first kappa shape index (κ1) is 12.5. The standard InChI is InChI=1S/C13H12Cl2N4/c1-18-8-6-12(17-18)19-10-4-2-3-9(15)13(10)16-11(19)5-7-14/h2-4,6,8H,5,7H2,1H3. The summed E-state index contributed by atoms with van der Waals surface area (Å²) in [5.41, 5.74) is 1.74. The number of hydrogen-bond acceptors (Lipinski definition) is 2. The molecular formula is C13H12Cl2N4. The van der Waals surface area contributed by atoms with Gasteiger partial charge in [0.2, 0.25) is 0 Å². The molecule has 2 heterocycles. The van der Waals surface area contributed by atoms with E-state index in [1.54, 1.807) is 4.68 Å². The quantitative estimate of drug-likeness (QED) is 0.696. The SMILES string of the molecule is Cn1ccc(-n2c(CCCl)nc3c(Cl)cccc32)n1. The first-order chi connectivity index (χ1) is 9.20. The molecule has 0 fully saturated rings. The van der Waals surface area contributed by atoms with Gasteiger partial charge in [-0.05, 0) is 12.1 Å². The van der Waals surface area contributed by atoms with Gasteiger partial charge in [-0.25, -0.2) is 4.98 Å². The van der Waals surface area contributed by atoms with Gasteiger partial charge in [0.05, 0.1) is 10.5 Å².